The van der Waals surface area contributed by atoms with E-state index in [-0.39, 0.29) is 6.03 Å². The van der Waals surface area contributed by atoms with Gasteiger partial charge in [0.15, 0.2) is 0 Å². The molecule has 2 rings (SSSR count). The molecule has 94 valence electrons. The molecular weight excluding hydrogens is 240 g/mol. The Kier molecular flexibility index (Phi) is 3.61. The van der Waals surface area contributed by atoms with Crippen LogP contribution in [0.1, 0.15) is 13.3 Å². The number of amides is 2. The van der Waals surface area contributed by atoms with E-state index in [0.29, 0.717) is 24.7 Å². The molecule has 2 aliphatic rings. The Morgan fingerprint density at radius 2 is 2.29 bits per heavy atom. The molecule has 1 saturated heterocycles. The summed E-state index contributed by atoms with van der Waals surface area (Å²) in [7, 11) is 0. The Bertz CT molecular complexity index is 370. The number of hydrogen-bond acceptors (Lipinski definition) is 3. The Labute approximate surface area is 104 Å². The van der Waals surface area contributed by atoms with Crippen molar-refractivity contribution in [1.29, 1.82) is 0 Å². The molecule has 5 nitrogen and oxygen atoms in total. The van der Waals surface area contributed by atoms with Gasteiger partial charge in [0.1, 0.15) is 6.04 Å². The number of carboxylic acids is 1. The van der Waals surface area contributed by atoms with Crippen LogP contribution >= 0.6 is 11.8 Å². The number of rotatable bonds is 1. The van der Waals surface area contributed by atoms with E-state index in [1.54, 1.807) is 4.90 Å². The van der Waals surface area contributed by atoms with Crippen LogP contribution in [0, 0.1) is 0 Å². The highest BCUT2D eigenvalue weighted by Crippen LogP contribution is 2.23. The van der Waals surface area contributed by atoms with Crippen molar-refractivity contribution in [3.63, 3.8) is 0 Å². The molecule has 2 heterocycles. The number of nitrogens with zero attached hydrogens (tertiary/aromatic N) is 2. The molecule has 1 fully saturated rings. The van der Waals surface area contributed by atoms with E-state index < -0.39 is 12.0 Å². The van der Waals surface area contributed by atoms with Gasteiger partial charge < -0.3 is 14.9 Å². The van der Waals surface area contributed by atoms with Crippen molar-refractivity contribution >= 4 is 23.8 Å². The summed E-state index contributed by atoms with van der Waals surface area (Å²) in [6.07, 6.45) is 2.91. The van der Waals surface area contributed by atoms with E-state index in [4.69, 9.17) is 5.11 Å². The second-order valence-electron chi connectivity index (χ2n) is 4.35. The molecule has 2 aliphatic heterocycles. The number of aliphatic carboxylic acids is 1. The maximum atomic E-state index is 12.2. The van der Waals surface area contributed by atoms with Crippen LogP contribution in [0.3, 0.4) is 0 Å². The predicted molar refractivity (Wildman–Crippen MR) is 65.9 cm³/mol. The van der Waals surface area contributed by atoms with E-state index in [1.165, 1.54) is 22.2 Å². The zero-order valence-electron chi connectivity index (χ0n) is 9.76. The van der Waals surface area contributed by atoms with Gasteiger partial charge in [0, 0.05) is 18.8 Å². The molecule has 6 heteroatoms. The first-order chi connectivity index (χ1) is 8.09. The first-order valence-corrected chi connectivity index (χ1v) is 6.77. The molecule has 0 spiro atoms. The van der Waals surface area contributed by atoms with Crippen LogP contribution in [0.4, 0.5) is 4.79 Å². The van der Waals surface area contributed by atoms with Crippen LogP contribution < -0.4 is 0 Å². The molecule has 0 aromatic carbocycles. The number of hydrogen-bond donors (Lipinski definition) is 1. The fourth-order valence-corrected chi connectivity index (χ4v) is 3.10. The molecular formula is C11H16N2O3S. The summed E-state index contributed by atoms with van der Waals surface area (Å²) in [4.78, 5) is 26.4. The molecule has 17 heavy (non-hydrogen) atoms. The van der Waals surface area contributed by atoms with E-state index in [2.05, 4.69) is 0 Å². The number of carbonyl (C=O) groups is 2. The molecule has 1 atom stereocenters. The van der Waals surface area contributed by atoms with Crippen molar-refractivity contribution in [1.82, 2.24) is 9.80 Å². The lowest BCUT2D eigenvalue weighted by Gasteiger charge is -2.31. The van der Waals surface area contributed by atoms with Crippen LogP contribution in [0.15, 0.2) is 11.6 Å². The van der Waals surface area contributed by atoms with E-state index in [9.17, 15) is 9.59 Å². The first kappa shape index (κ1) is 12.3. The smallest absolute Gasteiger partial charge is 0.327 e. The van der Waals surface area contributed by atoms with Crippen molar-refractivity contribution in [2.24, 2.45) is 0 Å². The Hall–Kier alpha value is -1.17. The summed E-state index contributed by atoms with van der Waals surface area (Å²) in [5.74, 6) is 0.0609. The van der Waals surface area contributed by atoms with Gasteiger partial charge in [-0.15, -0.1) is 11.8 Å². The minimum atomic E-state index is -0.910. The monoisotopic (exact) mass is 256 g/mol. The minimum absolute atomic E-state index is 0.147. The lowest BCUT2D eigenvalue weighted by molar-refractivity contribution is -0.140. The third-order valence-corrected chi connectivity index (χ3v) is 4.13. The van der Waals surface area contributed by atoms with Crippen LogP contribution in [-0.4, -0.2) is 57.7 Å². The van der Waals surface area contributed by atoms with Gasteiger partial charge in [0.2, 0.25) is 0 Å². The van der Waals surface area contributed by atoms with Gasteiger partial charge in [-0.05, 0) is 13.3 Å². The molecule has 1 unspecified atom stereocenters. The summed E-state index contributed by atoms with van der Waals surface area (Å²) in [5.41, 5.74) is 1.29. The summed E-state index contributed by atoms with van der Waals surface area (Å²) >= 11 is 1.49. The van der Waals surface area contributed by atoms with E-state index in [1.807, 2.05) is 13.0 Å². The lowest BCUT2D eigenvalue weighted by atomic mass is 10.1. The van der Waals surface area contributed by atoms with Gasteiger partial charge in [-0.1, -0.05) is 11.6 Å². The highest BCUT2D eigenvalue weighted by molar-refractivity contribution is 7.99. The molecule has 0 radical (unpaired) electrons. The Balaban J connectivity index is 2.02. The van der Waals surface area contributed by atoms with Crippen molar-refractivity contribution in [3.05, 3.63) is 11.6 Å². The summed E-state index contributed by atoms with van der Waals surface area (Å²) in [6, 6.07) is -0.814. The molecule has 0 aliphatic carbocycles. The average Bonchev–Trinajstić information content (AvgIpc) is 2.78. The van der Waals surface area contributed by atoms with Crippen molar-refractivity contribution in [3.8, 4) is 0 Å². The number of thioether (sulfide) groups is 1. The lowest BCUT2D eigenvalue weighted by Crippen LogP contribution is -2.49. The molecule has 0 bridgehead atoms. The number of carbonyl (C=O) groups excluding carboxylic acids is 1. The number of carboxylic acid groups (broad SMARTS) is 1. The summed E-state index contributed by atoms with van der Waals surface area (Å²) in [6.45, 7) is 3.33. The van der Waals surface area contributed by atoms with Crippen LogP contribution in [0.2, 0.25) is 0 Å². The summed E-state index contributed by atoms with van der Waals surface area (Å²) < 4.78 is 0. The van der Waals surface area contributed by atoms with Crippen molar-refractivity contribution in [2.75, 3.05) is 24.7 Å². The van der Waals surface area contributed by atoms with E-state index in [0.717, 1.165) is 6.42 Å². The van der Waals surface area contributed by atoms with Crippen LogP contribution in [-0.2, 0) is 4.79 Å². The zero-order chi connectivity index (χ0) is 12.4. The summed E-state index contributed by atoms with van der Waals surface area (Å²) in [5, 5.41) is 9.04. The van der Waals surface area contributed by atoms with Crippen LogP contribution in [0.25, 0.3) is 0 Å². The Morgan fingerprint density at radius 1 is 1.53 bits per heavy atom. The maximum absolute atomic E-state index is 12.2. The third-order valence-electron chi connectivity index (χ3n) is 3.12. The van der Waals surface area contributed by atoms with Gasteiger partial charge in [0.25, 0.3) is 0 Å². The number of urea groups is 1. The average molecular weight is 256 g/mol. The molecule has 0 aromatic heterocycles. The fraction of sp³-hybridized carbons (Fsp3) is 0.636. The second kappa shape index (κ2) is 5.00. The van der Waals surface area contributed by atoms with Gasteiger partial charge in [-0.3, -0.25) is 0 Å². The topological polar surface area (TPSA) is 60.9 Å². The third kappa shape index (κ3) is 2.57. The largest absolute Gasteiger partial charge is 0.480 e. The molecule has 0 saturated carbocycles. The molecule has 2 amide bonds. The second-order valence-corrected chi connectivity index (χ2v) is 5.35. The zero-order valence-corrected chi connectivity index (χ0v) is 10.6. The van der Waals surface area contributed by atoms with Gasteiger partial charge in [0.05, 0.1) is 5.88 Å². The van der Waals surface area contributed by atoms with Crippen LogP contribution in [0.5, 0.6) is 0 Å². The van der Waals surface area contributed by atoms with Crippen molar-refractivity contribution < 1.29 is 14.7 Å². The van der Waals surface area contributed by atoms with Crippen molar-refractivity contribution in [2.45, 2.75) is 19.4 Å². The van der Waals surface area contributed by atoms with Gasteiger partial charge in [-0.2, -0.15) is 0 Å². The highest BCUT2D eigenvalue weighted by Gasteiger charge is 2.36. The molecule has 0 aromatic rings. The normalized spacial score (nSPS) is 24.8. The van der Waals surface area contributed by atoms with Gasteiger partial charge in [-0.25, -0.2) is 9.59 Å². The highest BCUT2D eigenvalue weighted by atomic mass is 32.2. The predicted octanol–water partition coefficient (Wildman–Crippen LogP) is 1.22. The standard InChI is InChI=1S/C11H16N2O3S/c1-8-2-4-12(5-3-8)11(16)13-7-17-6-9(13)10(14)15/h2,9H,3-7H2,1H3,(H,14,15). The fourth-order valence-electron chi connectivity index (χ4n) is 1.96. The molecule has 1 N–H and O–H groups in total. The van der Waals surface area contributed by atoms with Gasteiger partial charge >= 0.3 is 12.0 Å². The minimum Gasteiger partial charge on any atom is -0.480 e. The Morgan fingerprint density at radius 3 is 2.88 bits per heavy atom. The first-order valence-electron chi connectivity index (χ1n) is 5.61. The quantitative estimate of drug-likeness (QED) is 0.717. The SMILES string of the molecule is CC1=CCN(C(=O)N2CSCC2C(=O)O)CC1. The van der Waals surface area contributed by atoms with E-state index >= 15 is 0 Å². The maximum Gasteiger partial charge on any atom is 0.327 e.